The normalized spacial score (nSPS) is 11.8. The molecule has 2 rings (SSSR count). The zero-order valence-electron chi connectivity index (χ0n) is 11.9. The first-order valence-corrected chi connectivity index (χ1v) is 7.14. The Bertz CT molecular complexity index is 522. The van der Waals surface area contributed by atoms with Crippen molar-refractivity contribution in [3.63, 3.8) is 0 Å². The molecular weight excluding hydrogens is 246 g/mol. The van der Waals surface area contributed by atoms with Gasteiger partial charge in [0.2, 0.25) is 5.91 Å². The third-order valence-corrected chi connectivity index (χ3v) is 3.48. The molecule has 0 saturated carbocycles. The molecule has 0 fully saturated rings. The van der Waals surface area contributed by atoms with Gasteiger partial charge in [-0.3, -0.25) is 4.79 Å². The molecule has 104 valence electrons. The highest BCUT2D eigenvalue weighted by atomic mass is 16.1. The molecule has 0 saturated heterocycles. The zero-order valence-corrected chi connectivity index (χ0v) is 11.9. The van der Waals surface area contributed by atoms with E-state index in [4.69, 9.17) is 0 Å². The standard InChI is InChI=1S/C18H21NO/c1-15(17-12-6-3-7-13-17)18(20)19-14-8-11-16-9-4-2-5-10-16/h2-7,9-10,12-13,15H,8,11,14H2,1H3,(H,19,20). The van der Waals surface area contributed by atoms with Crippen molar-refractivity contribution >= 4 is 5.91 Å². The second kappa shape index (κ2) is 7.49. The van der Waals surface area contributed by atoms with Crippen molar-refractivity contribution in [2.75, 3.05) is 6.54 Å². The van der Waals surface area contributed by atoms with Crippen LogP contribution in [0.25, 0.3) is 0 Å². The highest BCUT2D eigenvalue weighted by molar-refractivity contribution is 5.83. The molecular formula is C18H21NO. The Hall–Kier alpha value is -2.09. The second-order valence-electron chi connectivity index (χ2n) is 5.01. The molecule has 0 aliphatic rings. The van der Waals surface area contributed by atoms with Crippen LogP contribution in [0, 0.1) is 0 Å². The molecule has 1 atom stereocenters. The maximum absolute atomic E-state index is 12.0. The molecule has 0 bridgehead atoms. The summed E-state index contributed by atoms with van der Waals surface area (Å²) >= 11 is 0. The lowest BCUT2D eigenvalue weighted by Crippen LogP contribution is -2.29. The summed E-state index contributed by atoms with van der Waals surface area (Å²) in [5, 5.41) is 3.01. The van der Waals surface area contributed by atoms with Gasteiger partial charge in [-0.1, -0.05) is 60.7 Å². The van der Waals surface area contributed by atoms with E-state index in [0.29, 0.717) is 0 Å². The number of nitrogens with one attached hydrogen (secondary N) is 1. The van der Waals surface area contributed by atoms with E-state index in [9.17, 15) is 4.79 Å². The fourth-order valence-electron chi connectivity index (χ4n) is 2.19. The average Bonchev–Trinajstić information content (AvgIpc) is 2.52. The minimum Gasteiger partial charge on any atom is -0.356 e. The largest absolute Gasteiger partial charge is 0.356 e. The molecule has 2 aromatic carbocycles. The van der Waals surface area contributed by atoms with Gasteiger partial charge in [-0.25, -0.2) is 0 Å². The Labute approximate surface area is 120 Å². The number of rotatable bonds is 6. The first kappa shape index (κ1) is 14.3. The Balaban J connectivity index is 1.73. The van der Waals surface area contributed by atoms with Crippen molar-refractivity contribution in [2.24, 2.45) is 0 Å². The third-order valence-electron chi connectivity index (χ3n) is 3.48. The molecule has 20 heavy (non-hydrogen) atoms. The van der Waals surface area contributed by atoms with Crippen molar-refractivity contribution in [3.05, 3.63) is 71.8 Å². The maximum Gasteiger partial charge on any atom is 0.227 e. The Morgan fingerprint density at radius 3 is 2.25 bits per heavy atom. The summed E-state index contributed by atoms with van der Waals surface area (Å²) in [6.07, 6.45) is 1.97. The van der Waals surface area contributed by atoms with Crippen LogP contribution in [0.15, 0.2) is 60.7 Å². The number of aryl methyl sites for hydroxylation is 1. The van der Waals surface area contributed by atoms with Gasteiger partial charge in [0.1, 0.15) is 0 Å². The van der Waals surface area contributed by atoms with E-state index in [1.807, 2.05) is 55.5 Å². The lowest BCUT2D eigenvalue weighted by atomic mass is 10.0. The first-order valence-electron chi connectivity index (χ1n) is 7.14. The zero-order chi connectivity index (χ0) is 14.2. The van der Waals surface area contributed by atoms with E-state index in [2.05, 4.69) is 17.4 Å². The number of carbonyl (C=O) groups is 1. The molecule has 0 aliphatic carbocycles. The number of hydrogen-bond donors (Lipinski definition) is 1. The molecule has 1 unspecified atom stereocenters. The highest BCUT2D eigenvalue weighted by Gasteiger charge is 2.13. The lowest BCUT2D eigenvalue weighted by molar-refractivity contribution is -0.122. The van der Waals surface area contributed by atoms with E-state index < -0.39 is 0 Å². The summed E-state index contributed by atoms with van der Waals surface area (Å²) in [5.41, 5.74) is 2.38. The van der Waals surface area contributed by atoms with Crippen LogP contribution < -0.4 is 5.32 Å². The van der Waals surface area contributed by atoms with Crippen LogP contribution in [0.4, 0.5) is 0 Å². The quantitative estimate of drug-likeness (QED) is 0.797. The molecule has 1 N–H and O–H groups in total. The summed E-state index contributed by atoms with van der Waals surface area (Å²) in [6.45, 7) is 2.67. The third kappa shape index (κ3) is 4.23. The molecule has 0 spiro atoms. The highest BCUT2D eigenvalue weighted by Crippen LogP contribution is 2.14. The molecule has 0 heterocycles. The maximum atomic E-state index is 12.0. The average molecular weight is 267 g/mol. The minimum absolute atomic E-state index is 0.0899. The topological polar surface area (TPSA) is 29.1 Å². The molecule has 2 nitrogen and oxygen atoms in total. The predicted molar refractivity (Wildman–Crippen MR) is 82.6 cm³/mol. The SMILES string of the molecule is CC(C(=O)NCCCc1ccccc1)c1ccccc1. The first-order chi connectivity index (χ1) is 9.77. The second-order valence-corrected chi connectivity index (χ2v) is 5.01. The lowest BCUT2D eigenvalue weighted by Gasteiger charge is -2.12. The molecule has 0 radical (unpaired) electrons. The summed E-state index contributed by atoms with van der Waals surface area (Å²) in [7, 11) is 0. The molecule has 1 amide bonds. The predicted octanol–water partition coefficient (Wildman–Crippen LogP) is 3.54. The number of hydrogen-bond acceptors (Lipinski definition) is 1. The molecule has 2 heteroatoms. The van der Waals surface area contributed by atoms with Crippen LogP contribution in [0.3, 0.4) is 0 Å². The van der Waals surface area contributed by atoms with E-state index in [1.54, 1.807) is 0 Å². The van der Waals surface area contributed by atoms with E-state index in [0.717, 1.165) is 24.9 Å². The van der Waals surface area contributed by atoms with Crippen LogP contribution >= 0.6 is 0 Å². The van der Waals surface area contributed by atoms with Crippen molar-refractivity contribution in [2.45, 2.75) is 25.7 Å². The summed E-state index contributed by atoms with van der Waals surface area (Å²) in [5.74, 6) is 0.0113. The van der Waals surface area contributed by atoms with Crippen LogP contribution in [0.1, 0.15) is 30.4 Å². The van der Waals surface area contributed by atoms with Gasteiger partial charge >= 0.3 is 0 Å². The van der Waals surface area contributed by atoms with Crippen molar-refractivity contribution in [1.29, 1.82) is 0 Å². The van der Waals surface area contributed by atoms with Gasteiger partial charge < -0.3 is 5.32 Å². The summed E-state index contributed by atoms with van der Waals surface area (Å²) in [6, 6.07) is 20.2. The van der Waals surface area contributed by atoms with Gasteiger partial charge in [-0.05, 0) is 30.9 Å². The van der Waals surface area contributed by atoms with E-state index >= 15 is 0 Å². The molecule has 0 aromatic heterocycles. The fourth-order valence-corrected chi connectivity index (χ4v) is 2.19. The Morgan fingerprint density at radius 1 is 1.00 bits per heavy atom. The van der Waals surface area contributed by atoms with E-state index in [-0.39, 0.29) is 11.8 Å². The van der Waals surface area contributed by atoms with Gasteiger partial charge in [0.05, 0.1) is 5.92 Å². The van der Waals surface area contributed by atoms with Crippen LogP contribution in [0.2, 0.25) is 0 Å². The number of benzene rings is 2. The summed E-state index contributed by atoms with van der Waals surface area (Å²) < 4.78 is 0. The van der Waals surface area contributed by atoms with Gasteiger partial charge in [0.15, 0.2) is 0 Å². The minimum atomic E-state index is -0.0899. The van der Waals surface area contributed by atoms with Gasteiger partial charge in [0.25, 0.3) is 0 Å². The Kier molecular flexibility index (Phi) is 5.36. The smallest absolute Gasteiger partial charge is 0.227 e. The monoisotopic (exact) mass is 267 g/mol. The molecule has 2 aromatic rings. The van der Waals surface area contributed by atoms with Crippen molar-refractivity contribution in [1.82, 2.24) is 5.32 Å². The molecule has 0 aliphatic heterocycles. The number of amides is 1. The van der Waals surface area contributed by atoms with Gasteiger partial charge in [0, 0.05) is 6.54 Å². The number of carbonyl (C=O) groups excluding carboxylic acids is 1. The fraction of sp³-hybridized carbons (Fsp3) is 0.278. The van der Waals surface area contributed by atoms with Crippen molar-refractivity contribution in [3.8, 4) is 0 Å². The van der Waals surface area contributed by atoms with Crippen LogP contribution in [-0.4, -0.2) is 12.5 Å². The van der Waals surface area contributed by atoms with Crippen LogP contribution in [-0.2, 0) is 11.2 Å². The van der Waals surface area contributed by atoms with Gasteiger partial charge in [-0.15, -0.1) is 0 Å². The van der Waals surface area contributed by atoms with Crippen molar-refractivity contribution < 1.29 is 4.79 Å². The van der Waals surface area contributed by atoms with E-state index in [1.165, 1.54) is 5.56 Å². The van der Waals surface area contributed by atoms with Crippen LogP contribution in [0.5, 0.6) is 0 Å². The Morgan fingerprint density at radius 2 is 1.60 bits per heavy atom. The summed E-state index contributed by atoms with van der Waals surface area (Å²) in [4.78, 5) is 12.0. The van der Waals surface area contributed by atoms with Gasteiger partial charge in [-0.2, -0.15) is 0 Å².